The second-order valence-corrected chi connectivity index (χ2v) is 5.20. The summed E-state index contributed by atoms with van der Waals surface area (Å²) >= 11 is 5.67. The van der Waals surface area contributed by atoms with Gasteiger partial charge in [-0.3, -0.25) is 10.1 Å². The number of carbonyl (C=O) groups is 1. The lowest BCUT2D eigenvalue weighted by atomic mass is 10.1. The largest absolute Gasteiger partial charge is 0.386 e. The van der Waals surface area contributed by atoms with Crippen molar-refractivity contribution in [2.24, 2.45) is 0 Å². The van der Waals surface area contributed by atoms with Crippen LogP contribution in [0.15, 0.2) is 42.5 Å². The zero-order chi connectivity index (χ0) is 17.7. The number of amides is 2. The predicted molar refractivity (Wildman–Crippen MR) is 86.5 cm³/mol. The number of nitrogens with zero attached hydrogens (tertiary/aromatic N) is 1. The summed E-state index contributed by atoms with van der Waals surface area (Å²) in [6, 6.07) is 8.73. The summed E-state index contributed by atoms with van der Waals surface area (Å²) in [5.74, 6) is -0.583. The quantitative estimate of drug-likeness (QED) is 0.567. The molecule has 0 saturated heterocycles. The molecule has 0 bridgehead atoms. The summed E-state index contributed by atoms with van der Waals surface area (Å²) in [7, 11) is 0. The average molecular weight is 354 g/mol. The van der Waals surface area contributed by atoms with Crippen LogP contribution in [0.5, 0.6) is 0 Å². The molecule has 0 aliphatic rings. The molecule has 0 heterocycles. The molecule has 0 spiro atoms. The van der Waals surface area contributed by atoms with E-state index in [2.05, 4.69) is 10.6 Å². The lowest BCUT2D eigenvalue weighted by molar-refractivity contribution is -0.384. The number of hydrogen-bond acceptors (Lipinski definition) is 4. The van der Waals surface area contributed by atoms with E-state index in [1.807, 2.05) is 0 Å². The van der Waals surface area contributed by atoms with Crippen LogP contribution in [0.4, 0.5) is 20.6 Å². The van der Waals surface area contributed by atoms with Gasteiger partial charge in [0.2, 0.25) is 0 Å². The second-order valence-electron chi connectivity index (χ2n) is 4.80. The molecule has 0 unspecified atom stereocenters. The van der Waals surface area contributed by atoms with Crippen molar-refractivity contribution in [2.45, 2.75) is 6.10 Å². The van der Waals surface area contributed by atoms with Gasteiger partial charge in [-0.25, -0.2) is 9.18 Å². The maximum absolute atomic E-state index is 13.5. The zero-order valence-corrected chi connectivity index (χ0v) is 13.0. The van der Waals surface area contributed by atoms with Gasteiger partial charge in [-0.1, -0.05) is 29.8 Å². The highest BCUT2D eigenvalue weighted by molar-refractivity contribution is 6.32. The van der Waals surface area contributed by atoms with Gasteiger partial charge >= 0.3 is 6.03 Å². The number of nitrogens with one attached hydrogen (secondary N) is 2. The maximum Gasteiger partial charge on any atom is 0.319 e. The third-order valence-corrected chi connectivity index (χ3v) is 3.44. The standard InChI is InChI=1S/C15H13ClFN3O4/c16-11-6-5-9(7-13(11)20(23)24)19-15(22)18-8-14(21)10-3-1-2-4-12(10)17/h1-7,14,21H,8H2,(H2,18,19,22)/t14-/m0/s1. The molecule has 0 aliphatic heterocycles. The topological polar surface area (TPSA) is 104 Å². The van der Waals surface area contributed by atoms with Crippen molar-refractivity contribution in [3.8, 4) is 0 Å². The van der Waals surface area contributed by atoms with Gasteiger partial charge in [-0.2, -0.15) is 0 Å². The van der Waals surface area contributed by atoms with Crippen LogP contribution in [-0.4, -0.2) is 22.6 Å². The Bertz CT molecular complexity index is 772. The van der Waals surface area contributed by atoms with Crippen LogP contribution < -0.4 is 10.6 Å². The second kappa shape index (κ2) is 7.71. The molecule has 2 amide bonds. The number of halogens is 2. The molecule has 0 radical (unpaired) electrons. The Balaban J connectivity index is 1.95. The number of carbonyl (C=O) groups excluding carboxylic acids is 1. The average Bonchev–Trinajstić information content (AvgIpc) is 2.54. The first-order valence-corrected chi connectivity index (χ1v) is 7.17. The molecular formula is C15H13ClFN3O4. The summed E-state index contributed by atoms with van der Waals surface area (Å²) in [6.45, 7) is -0.234. The fourth-order valence-corrected chi connectivity index (χ4v) is 2.14. The first-order chi connectivity index (χ1) is 11.4. The van der Waals surface area contributed by atoms with Gasteiger partial charge in [-0.05, 0) is 18.2 Å². The number of hydrogen-bond donors (Lipinski definition) is 3. The van der Waals surface area contributed by atoms with E-state index in [4.69, 9.17) is 11.6 Å². The fourth-order valence-electron chi connectivity index (χ4n) is 1.95. The van der Waals surface area contributed by atoms with Gasteiger partial charge in [0.1, 0.15) is 10.8 Å². The number of nitro benzene ring substituents is 1. The van der Waals surface area contributed by atoms with E-state index < -0.39 is 22.9 Å². The van der Waals surface area contributed by atoms with E-state index in [1.165, 1.54) is 30.3 Å². The van der Waals surface area contributed by atoms with Crippen molar-refractivity contribution < 1.29 is 19.2 Å². The Morgan fingerprint density at radius 2 is 2.04 bits per heavy atom. The van der Waals surface area contributed by atoms with Crippen molar-refractivity contribution in [3.63, 3.8) is 0 Å². The minimum atomic E-state index is -1.23. The normalized spacial score (nSPS) is 11.6. The molecule has 126 valence electrons. The van der Waals surface area contributed by atoms with Gasteiger partial charge in [0.15, 0.2) is 0 Å². The minimum absolute atomic E-state index is 0.0547. The highest BCUT2D eigenvalue weighted by Crippen LogP contribution is 2.27. The molecule has 0 saturated carbocycles. The molecule has 1 atom stereocenters. The highest BCUT2D eigenvalue weighted by Gasteiger charge is 2.15. The van der Waals surface area contributed by atoms with Crippen molar-refractivity contribution >= 4 is 29.0 Å². The number of anilines is 1. The zero-order valence-electron chi connectivity index (χ0n) is 12.2. The summed E-state index contributed by atoms with van der Waals surface area (Å²) in [6.07, 6.45) is -1.23. The van der Waals surface area contributed by atoms with Gasteiger partial charge in [0.05, 0.1) is 11.0 Å². The number of nitro groups is 1. The Morgan fingerprint density at radius 1 is 1.33 bits per heavy atom. The number of benzene rings is 2. The smallest absolute Gasteiger partial charge is 0.319 e. The molecule has 3 N–H and O–H groups in total. The van der Waals surface area contributed by atoms with Gasteiger partial charge in [-0.15, -0.1) is 0 Å². The summed E-state index contributed by atoms with van der Waals surface area (Å²) in [5.41, 5.74) is -0.134. The minimum Gasteiger partial charge on any atom is -0.386 e. The summed E-state index contributed by atoms with van der Waals surface area (Å²) < 4.78 is 13.5. The van der Waals surface area contributed by atoms with E-state index in [9.17, 15) is 24.4 Å². The number of rotatable bonds is 5. The van der Waals surface area contributed by atoms with Crippen LogP contribution >= 0.6 is 11.6 Å². The van der Waals surface area contributed by atoms with Crippen molar-refractivity contribution in [1.82, 2.24) is 5.32 Å². The van der Waals surface area contributed by atoms with E-state index in [0.29, 0.717) is 0 Å². The lowest BCUT2D eigenvalue weighted by Crippen LogP contribution is -2.32. The molecular weight excluding hydrogens is 341 g/mol. The van der Waals surface area contributed by atoms with Crippen LogP contribution in [0.25, 0.3) is 0 Å². The fraction of sp³-hybridized carbons (Fsp3) is 0.133. The lowest BCUT2D eigenvalue weighted by Gasteiger charge is -2.13. The Morgan fingerprint density at radius 3 is 2.71 bits per heavy atom. The Hall–Kier alpha value is -2.71. The molecule has 0 aliphatic carbocycles. The molecule has 24 heavy (non-hydrogen) atoms. The number of aliphatic hydroxyl groups is 1. The van der Waals surface area contributed by atoms with Crippen molar-refractivity contribution in [2.75, 3.05) is 11.9 Å². The first kappa shape index (κ1) is 17.6. The van der Waals surface area contributed by atoms with Gasteiger partial charge in [0, 0.05) is 23.9 Å². The molecule has 2 aromatic carbocycles. The van der Waals surface area contributed by atoms with Crippen molar-refractivity contribution in [1.29, 1.82) is 0 Å². The molecule has 2 rings (SSSR count). The molecule has 7 nitrogen and oxygen atoms in total. The van der Waals surface area contributed by atoms with Crippen molar-refractivity contribution in [3.05, 3.63) is 69.0 Å². The summed E-state index contributed by atoms with van der Waals surface area (Å²) in [4.78, 5) is 21.9. The van der Waals surface area contributed by atoms with E-state index in [-0.39, 0.29) is 28.5 Å². The maximum atomic E-state index is 13.5. The van der Waals surface area contributed by atoms with Crippen LogP contribution in [0, 0.1) is 15.9 Å². The molecule has 0 aromatic heterocycles. The molecule has 9 heteroatoms. The van der Waals surface area contributed by atoms with E-state index in [0.717, 1.165) is 6.07 Å². The first-order valence-electron chi connectivity index (χ1n) is 6.79. The van der Waals surface area contributed by atoms with Gasteiger partial charge in [0.25, 0.3) is 5.69 Å². The third-order valence-electron chi connectivity index (χ3n) is 3.12. The SMILES string of the molecule is O=C(NC[C@H](O)c1ccccc1F)Nc1ccc(Cl)c([N+](=O)[O-])c1. The molecule has 0 fully saturated rings. The van der Waals surface area contributed by atoms with Crippen LogP contribution in [0.1, 0.15) is 11.7 Å². The highest BCUT2D eigenvalue weighted by atomic mass is 35.5. The van der Waals surface area contributed by atoms with E-state index in [1.54, 1.807) is 6.07 Å². The number of urea groups is 1. The summed E-state index contributed by atoms with van der Waals surface area (Å²) in [5, 5.41) is 25.3. The van der Waals surface area contributed by atoms with Crippen LogP contribution in [0.3, 0.4) is 0 Å². The molecule has 2 aromatic rings. The monoisotopic (exact) mass is 353 g/mol. The Labute approximate surface area is 141 Å². The van der Waals surface area contributed by atoms with E-state index >= 15 is 0 Å². The van der Waals surface area contributed by atoms with Crippen LogP contribution in [-0.2, 0) is 0 Å². The predicted octanol–water partition coefficient (Wildman–Crippen LogP) is 3.24. The number of aliphatic hydroxyl groups excluding tert-OH is 1. The Kier molecular flexibility index (Phi) is 5.67. The van der Waals surface area contributed by atoms with Crippen LogP contribution in [0.2, 0.25) is 5.02 Å². The van der Waals surface area contributed by atoms with Gasteiger partial charge < -0.3 is 15.7 Å². The third kappa shape index (κ3) is 4.40.